The number of tetrazole rings is 1. The van der Waals surface area contributed by atoms with Crippen molar-refractivity contribution in [3.05, 3.63) is 36.2 Å². The Labute approximate surface area is 103 Å². The summed E-state index contributed by atoms with van der Waals surface area (Å²) in [5.74, 6) is -0.535. The molecule has 1 aromatic heterocycles. The van der Waals surface area contributed by atoms with Crippen LogP contribution in [0.15, 0.2) is 30.6 Å². The lowest BCUT2D eigenvalue weighted by Gasteiger charge is -2.06. The average Bonchev–Trinajstić information content (AvgIpc) is 2.92. The third-order valence-electron chi connectivity index (χ3n) is 2.18. The standard InChI is InChI=1S/C11H9N5O2/c1-8(6-12)18-11(17)9-2-4-10(5-3-9)16-7-13-14-15-16/h2-5,7-8H,1H3/t8-/m0/s1. The molecule has 7 heteroatoms. The summed E-state index contributed by atoms with van der Waals surface area (Å²) in [5, 5.41) is 19.3. The highest BCUT2D eigenvalue weighted by molar-refractivity contribution is 5.89. The molecule has 0 saturated carbocycles. The van der Waals surface area contributed by atoms with Crippen LogP contribution in [0.25, 0.3) is 5.69 Å². The van der Waals surface area contributed by atoms with E-state index in [1.54, 1.807) is 24.3 Å². The Kier molecular flexibility index (Phi) is 3.29. The molecule has 7 nitrogen and oxygen atoms in total. The zero-order chi connectivity index (χ0) is 13.0. The van der Waals surface area contributed by atoms with Crippen molar-refractivity contribution >= 4 is 5.97 Å². The Balaban J connectivity index is 2.13. The highest BCUT2D eigenvalue weighted by Crippen LogP contribution is 2.09. The fourth-order valence-corrected chi connectivity index (χ4v) is 1.28. The number of hydrogen-bond donors (Lipinski definition) is 0. The lowest BCUT2D eigenvalue weighted by Crippen LogP contribution is -2.13. The summed E-state index contributed by atoms with van der Waals surface area (Å²) < 4.78 is 6.33. The minimum Gasteiger partial charge on any atom is -0.444 e. The van der Waals surface area contributed by atoms with Crippen LogP contribution in [0, 0.1) is 11.3 Å². The van der Waals surface area contributed by atoms with E-state index in [-0.39, 0.29) is 0 Å². The predicted molar refractivity (Wildman–Crippen MR) is 59.6 cm³/mol. The summed E-state index contributed by atoms with van der Waals surface area (Å²) in [6.07, 6.45) is 0.683. The van der Waals surface area contributed by atoms with Crippen LogP contribution in [-0.2, 0) is 4.74 Å². The molecular formula is C11H9N5O2. The molecule has 0 aliphatic rings. The number of carbonyl (C=O) groups is 1. The molecule has 1 atom stereocenters. The van der Waals surface area contributed by atoms with Gasteiger partial charge in [0.25, 0.3) is 0 Å². The maximum atomic E-state index is 11.6. The van der Waals surface area contributed by atoms with E-state index >= 15 is 0 Å². The van der Waals surface area contributed by atoms with E-state index in [0.717, 1.165) is 5.69 Å². The summed E-state index contributed by atoms with van der Waals surface area (Å²) in [6.45, 7) is 1.51. The third kappa shape index (κ3) is 2.49. The Morgan fingerprint density at radius 1 is 1.44 bits per heavy atom. The van der Waals surface area contributed by atoms with Gasteiger partial charge in [-0.2, -0.15) is 5.26 Å². The molecule has 0 aliphatic carbocycles. The molecule has 18 heavy (non-hydrogen) atoms. The van der Waals surface area contributed by atoms with Gasteiger partial charge in [0, 0.05) is 0 Å². The molecule has 0 fully saturated rings. The number of hydrogen-bond acceptors (Lipinski definition) is 6. The molecule has 1 aromatic carbocycles. The van der Waals surface area contributed by atoms with Gasteiger partial charge in [0.15, 0.2) is 6.10 Å². The zero-order valence-corrected chi connectivity index (χ0v) is 9.52. The van der Waals surface area contributed by atoms with Gasteiger partial charge < -0.3 is 4.74 Å². The summed E-state index contributed by atoms with van der Waals surface area (Å²) in [5.41, 5.74) is 1.10. The van der Waals surface area contributed by atoms with Crippen LogP contribution in [0.5, 0.6) is 0 Å². The quantitative estimate of drug-likeness (QED) is 0.737. The lowest BCUT2D eigenvalue weighted by molar-refractivity contribution is 0.0435. The lowest BCUT2D eigenvalue weighted by atomic mass is 10.2. The average molecular weight is 243 g/mol. The molecule has 0 bridgehead atoms. The number of nitriles is 1. The molecule has 2 rings (SSSR count). The molecule has 0 saturated heterocycles. The number of benzene rings is 1. The summed E-state index contributed by atoms with van der Waals surface area (Å²) >= 11 is 0. The van der Waals surface area contributed by atoms with Crippen molar-refractivity contribution in [2.24, 2.45) is 0 Å². The zero-order valence-electron chi connectivity index (χ0n) is 9.52. The first-order valence-corrected chi connectivity index (χ1v) is 5.14. The number of nitrogens with zero attached hydrogens (tertiary/aromatic N) is 5. The first-order chi connectivity index (χ1) is 8.70. The largest absolute Gasteiger partial charge is 0.444 e. The maximum Gasteiger partial charge on any atom is 0.339 e. The van der Waals surface area contributed by atoms with Gasteiger partial charge in [-0.3, -0.25) is 0 Å². The Hall–Kier alpha value is -2.75. The topological polar surface area (TPSA) is 93.7 Å². The highest BCUT2D eigenvalue weighted by atomic mass is 16.5. The molecular weight excluding hydrogens is 234 g/mol. The molecule has 0 amide bonds. The van der Waals surface area contributed by atoms with Crippen LogP contribution < -0.4 is 0 Å². The number of esters is 1. The van der Waals surface area contributed by atoms with Gasteiger partial charge in [0.05, 0.1) is 11.3 Å². The number of aromatic nitrogens is 4. The van der Waals surface area contributed by atoms with E-state index in [1.165, 1.54) is 17.9 Å². The van der Waals surface area contributed by atoms with E-state index in [9.17, 15) is 4.79 Å². The van der Waals surface area contributed by atoms with E-state index in [1.807, 2.05) is 6.07 Å². The van der Waals surface area contributed by atoms with Gasteiger partial charge in [-0.1, -0.05) is 0 Å². The molecule has 0 N–H and O–H groups in total. The normalized spacial score (nSPS) is 11.6. The van der Waals surface area contributed by atoms with E-state index in [4.69, 9.17) is 10.00 Å². The van der Waals surface area contributed by atoms with Crippen LogP contribution >= 0.6 is 0 Å². The van der Waals surface area contributed by atoms with E-state index in [0.29, 0.717) is 5.56 Å². The fraction of sp³-hybridized carbons (Fsp3) is 0.182. The van der Waals surface area contributed by atoms with Gasteiger partial charge in [-0.05, 0) is 41.6 Å². The fourth-order valence-electron chi connectivity index (χ4n) is 1.28. The maximum absolute atomic E-state index is 11.6. The predicted octanol–water partition coefficient (Wildman–Crippen LogP) is 0.731. The molecule has 0 unspecified atom stereocenters. The second-order valence-electron chi connectivity index (χ2n) is 3.48. The van der Waals surface area contributed by atoms with Crippen LogP contribution in [0.2, 0.25) is 0 Å². The Bertz CT molecular complexity index is 570. The van der Waals surface area contributed by atoms with Gasteiger partial charge in [-0.25, -0.2) is 9.48 Å². The number of carbonyl (C=O) groups excluding carboxylic acids is 1. The van der Waals surface area contributed by atoms with Crippen molar-refractivity contribution in [1.82, 2.24) is 20.2 Å². The van der Waals surface area contributed by atoms with Crippen LogP contribution in [0.1, 0.15) is 17.3 Å². The number of rotatable bonds is 3. The van der Waals surface area contributed by atoms with Crippen LogP contribution in [0.3, 0.4) is 0 Å². The third-order valence-corrected chi connectivity index (χ3v) is 2.18. The molecule has 2 aromatic rings. The molecule has 0 radical (unpaired) electrons. The summed E-state index contributed by atoms with van der Waals surface area (Å²) in [6, 6.07) is 8.37. The SMILES string of the molecule is C[C@@H](C#N)OC(=O)c1ccc(-n2cnnn2)cc1. The highest BCUT2D eigenvalue weighted by Gasteiger charge is 2.11. The Morgan fingerprint density at radius 2 is 2.17 bits per heavy atom. The van der Waals surface area contributed by atoms with Crippen LogP contribution in [0.4, 0.5) is 0 Å². The van der Waals surface area contributed by atoms with Crippen molar-refractivity contribution in [2.45, 2.75) is 13.0 Å². The molecule has 0 spiro atoms. The van der Waals surface area contributed by atoms with Crippen molar-refractivity contribution in [3.63, 3.8) is 0 Å². The first-order valence-electron chi connectivity index (χ1n) is 5.14. The summed E-state index contributed by atoms with van der Waals surface area (Å²) in [4.78, 5) is 11.6. The van der Waals surface area contributed by atoms with E-state index in [2.05, 4.69) is 15.5 Å². The molecule has 90 valence electrons. The van der Waals surface area contributed by atoms with Crippen molar-refractivity contribution in [1.29, 1.82) is 5.26 Å². The second-order valence-corrected chi connectivity index (χ2v) is 3.48. The molecule has 1 heterocycles. The second kappa shape index (κ2) is 5.05. The van der Waals surface area contributed by atoms with Crippen molar-refractivity contribution < 1.29 is 9.53 Å². The first kappa shape index (κ1) is 11.7. The molecule has 0 aliphatic heterocycles. The van der Waals surface area contributed by atoms with Crippen molar-refractivity contribution in [2.75, 3.05) is 0 Å². The minimum absolute atomic E-state index is 0.369. The van der Waals surface area contributed by atoms with E-state index < -0.39 is 12.1 Å². The van der Waals surface area contributed by atoms with Gasteiger partial charge >= 0.3 is 5.97 Å². The van der Waals surface area contributed by atoms with Gasteiger partial charge in [-0.15, -0.1) is 5.10 Å². The summed E-state index contributed by atoms with van der Waals surface area (Å²) in [7, 11) is 0. The van der Waals surface area contributed by atoms with Gasteiger partial charge in [0.2, 0.25) is 0 Å². The minimum atomic E-state index is -0.767. The van der Waals surface area contributed by atoms with Crippen LogP contribution in [-0.4, -0.2) is 32.3 Å². The Morgan fingerprint density at radius 3 is 2.72 bits per heavy atom. The smallest absolute Gasteiger partial charge is 0.339 e. The van der Waals surface area contributed by atoms with Crippen molar-refractivity contribution in [3.8, 4) is 11.8 Å². The monoisotopic (exact) mass is 243 g/mol. The van der Waals surface area contributed by atoms with Gasteiger partial charge in [0.1, 0.15) is 12.4 Å². The number of ether oxygens (including phenoxy) is 1.